The Kier molecular flexibility index (Phi) is 8.01. The zero-order valence-electron chi connectivity index (χ0n) is 12.8. The van der Waals surface area contributed by atoms with Crippen molar-refractivity contribution in [3.63, 3.8) is 0 Å². The van der Waals surface area contributed by atoms with Gasteiger partial charge in [-0.1, -0.05) is 34.6 Å². The Morgan fingerprint density at radius 3 is 2.24 bits per heavy atom. The van der Waals surface area contributed by atoms with E-state index in [1.165, 1.54) is 0 Å². The summed E-state index contributed by atoms with van der Waals surface area (Å²) < 4.78 is 5.24. The maximum Gasteiger partial charge on any atom is 0.0615 e. The largest absolute Gasteiger partial charge is 0.383 e. The van der Waals surface area contributed by atoms with E-state index < -0.39 is 0 Å². The van der Waals surface area contributed by atoms with Crippen molar-refractivity contribution in [2.45, 2.75) is 53.6 Å². The summed E-state index contributed by atoms with van der Waals surface area (Å²) in [4.78, 5) is 2.49. The van der Waals surface area contributed by atoms with Crippen LogP contribution in [0.2, 0.25) is 0 Å². The predicted molar refractivity (Wildman–Crippen MR) is 75.5 cm³/mol. The lowest BCUT2D eigenvalue weighted by molar-refractivity contribution is 0.0750. The maximum atomic E-state index is 5.24. The van der Waals surface area contributed by atoms with Crippen LogP contribution in [0.1, 0.15) is 41.5 Å². The second-order valence-electron chi connectivity index (χ2n) is 6.07. The molecule has 0 bridgehead atoms. The second kappa shape index (κ2) is 8.06. The van der Waals surface area contributed by atoms with Gasteiger partial charge >= 0.3 is 0 Å². The zero-order chi connectivity index (χ0) is 13.5. The summed E-state index contributed by atoms with van der Waals surface area (Å²) in [6.45, 7) is 17.5. The first-order valence-corrected chi connectivity index (χ1v) is 6.78. The molecule has 1 N–H and O–H groups in total. The predicted octanol–water partition coefficient (Wildman–Crippen LogP) is 2.37. The van der Waals surface area contributed by atoms with Crippen LogP contribution < -0.4 is 5.32 Å². The smallest absolute Gasteiger partial charge is 0.0615 e. The molecule has 0 aliphatic carbocycles. The number of rotatable bonds is 9. The van der Waals surface area contributed by atoms with Crippen molar-refractivity contribution in [1.82, 2.24) is 10.2 Å². The quantitative estimate of drug-likeness (QED) is 0.674. The normalized spacial score (nSPS) is 14.6. The molecule has 3 heteroatoms. The Balaban J connectivity index is 4.23. The van der Waals surface area contributed by atoms with Crippen LogP contribution in [-0.4, -0.2) is 50.3 Å². The van der Waals surface area contributed by atoms with Crippen LogP contribution in [0.3, 0.4) is 0 Å². The lowest BCUT2D eigenvalue weighted by Gasteiger charge is -2.36. The summed E-state index contributed by atoms with van der Waals surface area (Å²) in [5.74, 6) is 0. The number of nitrogens with zero attached hydrogens (tertiary/aromatic N) is 1. The van der Waals surface area contributed by atoms with E-state index in [4.69, 9.17) is 4.74 Å². The van der Waals surface area contributed by atoms with E-state index in [2.05, 4.69) is 51.8 Å². The van der Waals surface area contributed by atoms with E-state index in [0.29, 0.717) is 17.5 Å². The number of methoxy groups -OCH3 is 1. The Bertz CT molecular complexity index is 193. The topological polar surface area (TPSA) is 24.5 Å². The summed E-state index contributed by atoms with van der Waals surface area (Å²) in [6, 6.07) is 1.05. The SMILES string of the molecule is CCN(CC(C)(C)CNC(C)C)C(C)COC. The molecule has 0 aliphatic heterocycles. The Hall–Kier alpha value is -0.120. The van der Waals surface area contributed by atoms with E-state index in [1.54, 1.807) is 7.11 Å². The van der Waals surface area contributed by atoms with Gasteiger partial charge in [-0.2, -0.15) is 0 Å². The molecule has 1 atom stereocenters. The summed E-state index contributed by atoms with van der Waals surface area (Å²) in [5, 5.41) is 3.53. The molecule has 0 radical (unpaired) electrons. The van der Waals surface area contributed by atoms with Gasteiger partial charge in [0, 0.05) is 32.3 Å². The Morgan fingerprint density at radius 1 is 1.24 bits per heavy atom. The highest BCUT2D eigenvalue weighted by molar-refractivity contribution is 4.79. The number of likely N-dealkylation sites (N-methyl/N-ethyl adjacent to an activating group) is 1. The third kappa shape index (κ3) is 7.74. The van der Waals surface area contributed by atoms with Crippen molar-refractivity contribution < 1.29 is 4.74 Å². The lowest BCUT2D eigenvalue weighted by Crippen LogP contribution is -2.46. The zero-order valence-corrected chi connectivity index (χ0v) is 12.8. The van der Waals surface area contributed by atoms with E-state index >= 15 is 0 Å². The van der Waals surface area contributed by atoms with Gasteiger partial charge in [-0.05, 0) is 18.9 Å². The van der Waals surface area contributed by atoms with Crippen molar-refractivity contribution in [1.29, 1.82) is 0 Å². The van der Waals surface area contributed by atoms with Crippen LogP contribution in [0.4, 0.5) is 0 Å². The number of hydrogen-bond acceptors (Lipinski definition) is 3. The molecule has 0 spiro atoms. The van der Waals surface area contributed by atoms with Crippen LogP contribution in [0.15, 0.2) is 0 Å². The van der Waals surface area contributed by atoms with Crippen LogP contribution >= 0.6 is 0 Å². The minimum atomic E-state index is 0.294. The highest BCUT2D eigenvalue weighted by Crippen LogP contribution is 2.17. The third-order valence-electron chi connectivity index (χ3n) is 3.06. The Labute approximate surface area is 108 Å². The summed E-state index contributed by atoms with van der Waals surface area (Å²) in [6.07, 6.45) is 0. The van der Waals surface area contributed by atoms with Crippen molar-refractivity contribution in [3.05, 3.63) is 0 Å². The highest BCUT2D eigenvalue weighted by Gasteiger charge is 2.23. The van der Waals surface area contributed by atoms with Crippen LogP contribution in [0, 0.1) is 5.41 Å². The fourth-order valence-corrected chi connectivity index (χ4v) is 2.01. The minimum absolute atomic E-state index is 0.294. The molecule has 0 aromatic rings. The van der Waals surface area contributed by atoms with Gasteiger partial charge in [-0.15, -0.1) is 0 Å². The number of nitrogens with one attached hydrogen (secondary N) is 1. The average Bonchev–Trinajstić information content (AvgIpc) is 2.23. The number of ether oxygens (including phenoxy) is 1. The summed E-state index contributed by atoms with van der Waals surface area (Å²) in [7, 11) is 1.77. The molecule has 0 saturated carbocycles. The maximum absolute atomic E-state index is 5.24. The van der Waals surface area contributed by atoms with Crippen LogP contribution in [0.5, 0.6) is 0 Å². The molecule has 1 unspecified atom stereocenters. The lowest BCUT2D eigenvalue weighted by atomic mass is 9.91. The molecular formula is C14H32N2O. The third-order valence-corrected chi connectivity index (χ3v) is 3.06. The van der Waals surface area contributed by atoms with Crippen LogP contribution in [-0.2, 0) is 4.74 Å². The number of hydrogen-bond donors (Lipinski definition) is 1. The van der Waals surface area contributed by atoms with Crippen LogP contribution in [0.25, 0.3) is 0 Å². The van der Waals surface area contributed by atoms with Gasteiger partial charge in [0.25, 0.3) is 0 Å². The molecule has 0 heterocycles. The van der Waals surface area contributed by atoms with Gasteiger partial charge in [-0.25, -0.2) is 0 Å². The summed E-state index contributed by atoms with van der Waals surface area (Å²) in [5.41, 5.74) is 0.294. The van der Waals surface area contributed by atoms with Crippen molar-refractivity contribution in [3.8, 4) is 0 Å². The fraction of sp³-hybridized carbons (Fsp3) is 1.00. The molecule has 0 aliphatic rings. The molecule has 104 valence electrons. The molecule has 0 saturated heterocycles. The van der Waals surface area contributed by atoms with Crippen molar-refractivity contribution in [2.24, 2.45) is 5.41 Å². The van der Waals surface area contributed by atoms with Gasteiger partial charge < -0.3 is 10.1 Å². The summed E-state index contributed by atoms with van der Waals surface area (Å²) >= 11 is 0. The molecule has 0 rings (SSSR count). The van der Waals surface area contributed by atoms with Gasteiger partial charge in [0.1, 0.15) is 0 Å². The monoisotopic (exact) mass is 244 g/mol. The molecule has 3 nitrogen and oxygen atoms in total. The fourth-order valence-electron chi connectivity index (χ4n) is 2.01. The van der Waals surface area contributed by atoms with E-state index in [-0.39, 0.29) is 0 Å². The van der Waals surface area contributed by atoms with E-state index in [0.717, 1.165) is 26.2 Å². The first kappa shape index (κ1) is 16.9. The standard InChI is InChI=1S/C14H32N2O/c1-8-16(13(4)9-17-7)11-14(5,6)10-15-12(2)3/h12-13,15H,8-11H2,1-7H3. The van der Waals surface area contributed by atoms with E-state index in [9.17, 15) is 0 Å². The first-order chi connectivity index (χ1) is 7.82. The average molecular weight is 244 g/mol. The minimum Gasteiger partial charge on any atom is -0.383 e. The molecule has 0 amide bonds. The van der Waals surface area contributed by atoms with Gasteiger partial charge in [0.2, 0.25) is 0 Å². The molecule has 0 fully saturated rings. The second-order valence-corrected chi connectivity index (χ2v) is 6.07. The van der Waals surface area contributed by atoms with E-state index in [1.807, 2.05) is 0 Å². The Morgan fingerprint density at radius 2 is 1.82 bits per heavy atom. The first-order valence-electron chi connectivity index (χ1n) is 6.78. The molecule has 0 aromatic heterocycles. The molecule has 0 aromatic carbocycles. The van der Waals surface area contributed by atoms with Gasteiger partial charge in [0.05, 0.1) is 6.61 Å². The van der Waals surface area contributed by atoms with Gasteiger partial charge in [-0.3, -0.25) is 4.90 Å². The van der Waals surface area contributed by atoms with Crippen molar-refractivity contribution >= 4 is 0 Å². The van der Waals surface area contributed by atoms with Gasteiger partial charge in [0.15, 0.2) is 0 Å². The highest BCUT2D eigenvalue weighted by atomic mass is 16.5. The van der Waals surface area contributed by atoms with Crippen molar-refractivity contribution in [2.75, 3.05) is 33.4 Å². The molecular weight excluding hydrogens is 212 g/mol. The molecule has 17 heavy (non-hydrogen) atoms.